The summed E-state index contributed by atoms with van der Waals surface area (Å²) in [6.45, 7) is 4.99. The number of nitrogens with one attached hydrogen (secondary N) is 1. The smallest absolute Gasteiger partial charge is 0.149 e. The maximum atomic E-state index is 14.1. The van der Waals surface area contributed by atoms with E-state index in [0.717, 1.165) is 54.6 Å². The van der Waals surface area contributed by atoms with Crippen molar-refractivity contribution in [3.63, 3.8) is 0 Å². The number of pyridine rings is 1. The van der Waals surface area contributed by atoms with Crippen molar-refractivity contribution in [3.05, 3.63) is 34.8 Å². The summed E-state index contributed by atoms with van der Waals surface area (Å²) in [6, 6.07) is 3.61. The van der Waals surface area contributed by atoms with E-state index in [4.69, 9.17) is 0 Å². The van der Waals surface area contributed by atoms with Crippen molar-refractivity contribution < 1.29 is 4.39 Å². The van der Waals surface area contributed by atoms with Crippen LogP contribution in [0.3, 0.4) is 0 Å². The molecule has 1 aliphatic rings. The maximum absolute atomic E-state index is 14.1. The molecule has 19 heavy (non-hydrogen) atoms. The Labute approximate surface area is 113 Å². The van der Waals surface area contributed by atoms with Gasteiger partial charge in [0.2, 0.25) is 0 Å². The standard InChI is InChI=1S/C16H19FN2/c1-3-7-18-15-11-5-4-6-14(11)19-16-12(15)8-10(2)9-13(16)17/h8-9H,3-7H2,1-2H3,(H,18,19). The summed E-state index contributed by atoms with van der Waals surface area (Å²) in [7, 11) is 0. The first-order valence-electron chi connectivity index (χ1n) is 7.06. The van der Waals surface area contributed by atoms with Crippen LogP contribution in [-0.2, 0) is 12.8 Å². The highest BCUT2D eigenvalue weighted by atomic mass is 19.1. The Morgan fingerprint density at radius 3 is 2.95 bits per heavy atom. The number of fused-ring (bicyclic) bond motifs is 2. The van der Waals surface area contributed by atoms with Crippen molar-refractivity contribution in [2.24, 2.45) is 0 Å². The van der Waals surface area contributed by atoms with Gasteiger partial charge in [0, 0.05) is 23.3 Å². The lowest BCUT2D eigenvalue weighted by molar-refractivity contribution is 0.635. The van der Waals surface area contributed by atoms with Crippen LogP contribution in [-0.4, -0.2) is 11.5 Å². The number of anilines is 1. The van der Waals surface area contributed by atoms with Gasteiger partial charge >= 0.3 is 0 Å². The van der Waals surface area contributed by atoms with Crippen LogP contribution in [0.25, 0.3) is 10.9 Å². The average molecular weight is 258 g/mol. The first-order chi connectivity index (χ1) is 9.20. The molecule has 3 heteroatoms. The van der Waals surface area contributed by atoms with Crippen molar-refractivity contribution in [2.45, 2.75) is 39.5 Å². The second-order valence-corrected chi connectivity index (χ2v) is 5.34. The Hall–Kier alpha value is -1.64. The van der Waals surface area contributed by atoms with Crippen LogP contribution in [0.1, 0.15) is 36.6 Å². The van der Waals surface area contributed by atoms with Crippen LogP contribution in [0.15, 0.2) is 12.1 Å². The molecule has 0 saturated heterocycles. The quantitative estimate of drug-likeness (QED) is 0.900. The van der Waals surface area contributed by atoms with Crippen LogP contribution in [0.4, 0.5) is 10.1 Å². The fraction of sp³-hybridized carbons (Fsp3) is 0.438. The number of aryl methyl sites for hydroxylation is 2. The maximum Gasteiger partial charge on any atom is 0.149 e. The molecule has 0 atom stereocenters. The third-order valence-electron chi connectivity index (χ3n) is 3.77. The molecule has 1 aliphatic carbocycles. The molecular formula is C16H19FN2. The van der Waals surface area contributed by atoms with Crippen molar-refractivity contribution in [1.82, 2.24) is 4.98 Å². The number of hydrogen-bond acceptors (Lipinski definition) is 2. The van der Waals surface area contributed by atoms with Gasteiger partial charge in [-0.3, -0.25) is 0 Å². The van der Waals surface area contributed by atoms with Crippen LogP contribution >= 0.6 is 0 Å². The molecule has 0 saturated carbocycles. The lowest BCUT2D eigenvalue weighted by Gasteiger charge is -2.15. The van der Waals surface area contributed by atoms with Gasteiger partial charge in [-0.15, -0.1) is 0 Å². The average Bonchev–Trinajstić information content (AvgIpc) is 2.83. The van der Waals surface area contributed by atoms with E-state index in [9.17, 15) is 4.39 Å². The fourth-order valence-corrected chi connectivity index (χ4v) is 2.91. The lowest BCUT2D eigenvalue weighted by Crippen LogP contribution is -2.06. The molecule has 100 valence electrons. The first-order valence-corrected chi connectivity index (χ1v) is 7.06. The molecule has 2 aromatic rings. The Bertz CT molecular complexity index is 634. The normalized spacial score (nSPS) is 13.8. The van der Waals surface area contributed by atoms with Crippen molar-refractivity contribution >= 4 is 16.6 Å². The number of nitrogens with zero attached hydrogens (tertiary/aromatic N) is 1. The van der Waals surface area contributed by atoms with Gasteiger partial charge in [0.15, 0.2) is 0 Å². The summed E-state index contributed by atoms with van der Waals surface area (Å²) < 4.78 is 14.1. The minimum absolute atomic E-state index is 0.204. The summed E-state index contributed by atoms with van der Waals surface area (Å²) in [5, 5.41) is 4.42. The van der Waals surface area contributed by atoms with Crippen LogP contribution in [0.2, 0.25) is 0 Å². The molecule has 0 spiro atoms. The molecule has 0 fully saturated rings. The SMILES string of the molecule is CCCNc1c2c(nc3c(F)cc(C)cc13)CCC2. The highest BCUT2D eigenvalue weighted by Crippen LogP contribution is 2.35. The molecular weight excluding hydrogens is 239 g/mol. The van der Waals surface area contributed by atoms with E-state index in [0.29, 0.717) is 5.52 Å². The topological polar surface area (TPSA) is 24.9 Å². The monoisotopic (exact) mass is 258 g/mol. The van der Waals surface area contributed by atoms with Crippen LogP contribution < -0.4 is 5.32 Å². The van der Waals surface area contributed by atoms with Crippen LogP contribution in [0.5, 0.6) is 0 Å². The van der Waals surface area contributed by atoms with Crippen LogP contribution in [0, 0.1) is 12.7 Å². The number of hydrogen-bond donors (Lipinski definition) is 1. The summed E-state index contributed by atoms with van der Waals surface area (Å²) >= 11 is 0. The van der Waals surface area contributed by atoms with Gasteiger partial charge in [0.25, 0.3) is 0 Å². The van der Waals surface area contributed by atoms with Gasteiger partial charge < -0.3 is 5.32 Å². The highest BCUT2D eigenvalue weighted by molar-refractivity contribution is 5.94. The van der Waals surface area contributed by atoms with Gasteiger partial charge in [-0.05, 0) is 55.9 Å². The van der Waals surface area contributed by atoms with Gasteiger partial charge in [-0.1, -0.05) is 6.92 Å². The van der Waals surface area contributed by atoms with E-state index < -0.39 is 0 Å². The molecule has 1 aromatic heterocycles. The Kier molecular flexibility index (Phi) is 3.13. The second kappa shape index (κ2) is 4.80. The zero-order valence-electron chi connectivity index (χ0n) is 11.5. The minimum Gasteiger partial charge on any atom is -0.384 e. The van der Waals surface area contributed by atoms with Gasteiger partial charge in [0.05, 0.1) is 0 Å². The zero-order chi connectivity index (χ0) is 13.4. The predicted molar refractivity (Wildman–Crippen MR) is 77.2 cm³/mol. The third-order valence-corrected chi connectivity index (χ3v) is 3.77. The third kappa shape index (κ3) is 2.07. The summed E-state index contributed by atoms with van der Waals surface area (Å²) in [6.07, 6.45) is 4.21. The van der Waals surface area contributed by atoms with E-state index in [1.54, 1.807) is 6.07 Å². The Balaban J connectivity index is 2.28. The summed E-state index contributed by atoms with van der Waals surface area (Å²) in [5.74, 6) is -0.204. The van der Waals surface area contributed by atoms with Crippen molar-refractivity contribution in [1.29, 1.82) is 0 Å². The van der Waals surface area contributed by atoms with E-state index in [2.05, 4.69) is 17.2 Å². The summed E-state index contributed by atoms with van der Waals surface area (Å²) in [4.78, 5) is 4.55. The molecule has 0 bridgehead atoms. The molecule has 0 radical (unpaired) electrons. The molecule has 2 nitrogen and oxygen atoms in total. The Morgan fingerprint density at radius 2 is 2.16 bits per heavy atom. The van der Waals surface area contributed by atoms with E-state index >= 15 is 0 Å². The molecule has 1 N–H and O–H groups in total. The van der Waals surface area contributed by atoms with Crippen molar-refractivity contribution in [2.75, 3.05) is 11.9 Å². The fourth-order valence-electron chi connectivity index (χ4n) is 2.91. The first kappa shape index (κ1) is 12.4. The van der Waals surface area contributed by atoms with Crippen molar-refractivity contribution in [3.8, 4) is 0 Å². The number of rotatable bonds is 3. The largest absolute Gasteiger partial charge is 0.384 e. The highest BCUT2D eigenvalue weighted by Gasteiger charge is 2.20. The van der Waals surface area contributed by atoms with Gasteiger partial charge in [-0.25, -0.2) is 9.37 Å². The molecule has 1 aromatic carbocycles. The second-order valence-electron chi connectivity index (χ2n) is 5.34. The van der Waals surface area contributed by atoms with E-state index in [1.165, 1.54) is 5.56 Å². The molecule has 0 aliphatic heterocycles. The minimum atomic E-state index is -0.204. The molecule has 0 amide bonds. The zero-order valence-corrected chi connectivity index (χ0v) is 11.5. The molecule has 1 heterocycles. The number of aromatic nitrogens is 1. The number of benzene rings is 1. The van der Waals surface area contributed by atoms with Gasteiger partial charge in [-0.2, -0.15) is 0 Å². The molecule has 0 unspecified atom stereocenters. The Morgan fingerprint density at radius 1 is 1.32 bits per heavy atom. The van der Waals surface area contributed by atoms with E-state index in [-0.39, 0.29) is 5.82 Å². The summed E-state index contributed by atoms with van der Waals surface area (Å²) in [5.41, 5.74) is 4.95. The molecule has 3 rings (SSSR count). The van der Waals surface area contributed by atoms with E-state index in [1.807, 2.05) is 13.0 Å². The predicted octanol–water partition coefficient (Wildman–Crippen LogP) is 3.99. The number of halogens is 1. The lowest BCUT2D eigenvalue weighted by atomic mass is 10.0. The van der Waals surface area contributed by atoms with Gasteiger partial charge in [0.1, 0.15) is 11.3 Å².